The Morgan fingerprint density at radius 2 is 1.75 bits per heavy atom. The Labute approximate surface area is 119 Å². The van der Waals surface area contributed by atoms with Crippen molar-refractivity contribution in [2.75, 3.05) is 5.32 Å². The number of hydrogen-bond acceptors (Lipinski definition) is 1. The molecule has 2 aromatic carbocycles. The standard InChI is InChI=1S/C18H19NO/c1-13(11-12-14-7-3-2-4-8-14)17-15-9-5-6-10-16(15)19-18(17)20/h2-10,13,17H,11-12H2,1H3,(H,19,20)/t13-,17-/m1/s1. The molecule has 1 N–H and O–H groups in total. The predicted octanol–water partition coefficient (Wildman–Crippen LogP) is 3.99. The molecule has 0 aromatic heterocycles. The van der Waals surface area contributed by atoms with Gasteiger partial charge in [-0.3, -0.25) is 4.79 Å². The lowest BCUT2D eigenvalue weighted by Crippen LogP contribution is -2.19. The summed E-state index contributed by atoms with van der Waals surface area (Å²) < 4.78 is 0. The number of anilines is 1. The Kier molecular flexibility index (Phi) is 3.55. The number of carbonyl (C=O) groups is 1. The Morgan fingerprint density at radius 1 is 1.05 bits per heavy atom. The molecule has 2 nitrogen and oxygen atoms in total. The third-order valence-electron chi connectivity index (χ3n) is 4.14. The zero-order valence-electron chi connectivity index (χ0n) is 11.7. The van der Waals surface area contributed by atoms with Gasteiger partial charge >= 0.3 is 0 Å². The Balaban J connectivity index is 1.71. The minimum absolute atomic E-state index is 0.00471. The molecule has 0 saturated carbocycles. The number of carbonyl (C=O) groups excluding carboxylic acids is 1. The van der Waals surface area contributed by atoms with Gasteiger partial charge in [-0.2, -0.15) is 0 Å². The van der Waals surface area contributed by atoms with E-state index >= 15 is 0 Å². The summed E-state index contributed by atoms with van der Waals surface area (Å²) in [5.41, 5.74) is 3.47. The maximum Gasteiger partial charge on any atom is 0.232 e. The van der Waals surface area contributed by atoms with E-state index in [1.165, 1.54) is 5.56 Å². The van der Waals surface area contributed by atoms with E-state index in [1.807, 2.05) is 24.3 Å². The molecule has 20 heavy (non-hydrogen) atoms. The van der Waals surface area contributed by atoms with Crippen molar-refractivity contribution in [2.45, 2.75) is 25.7 Å². The van der Waals surface area contributed by atoms with Crippen LogP contribution in [0.4, 0.5) is 5.69 Å². The second-order valence-electron chi connectivity index (χ2n) is 5.56. The fraction of sp³-hybridized carbons (Fsp3) is 0.278. The fourth-order valence-corrected chi connectivity index (χ4v) is 3.00. The molecule has 0 bridgehead atoms. The highest BCUT2D eigenvalue weighted by molar-refractivity contribution is 6.03. The summed E-state index contributed by atoms with van der Waals surface area (Å²) in [6.45, 7) is 2.18. The molecule has 3 rings (SSSR count). The Hall–Kier alpha value is -2.09. The molecular formula is C18H19NO. The monoisotopic (exact) mass is 265 g/mol. The molecule has 2 atom stereocenters. The van der Waals surface area contributed by atoms with Gasteiger partial charge in [-0.1, -0.05) is 55.5 Å². The normalized spacial score (nSPS) is 18.4. The van der Waals surface area contributed by atoms with Gasteiger partial charge in [-0.25, -0.2) is 0 Å². The van der Waals surface area contributed by atoms with Crippen LogP contribution in [0.1, 0.15) is 30.4 Å². The largest absolute Gasteiger partial charge is 0.325 e. The Morgan fingerprint density at radius 3 is 2.55 bits per heavy atom. The van der Waals surface area contributed by atoms with Crippen LogP contribution in [0.3, 0.4) is 0 Å². The molecule has 1 aliphatic rings. The van der Waals surface area contributed by atoms with Gasteiger partial charge in [0, 0.05) is 5.69 Å². The molecule has 1 heterocycles. The molecule has 2 heteroatoms. The first-order valence-electron chi connectivity index (χ1n) is 7.19. The van der Waals surface area contributed by atoms with Gasteiger partial charge in [0.15, 0.2) is 0 Å². The van der Waals surface area contributed by atoms with Crippen LogP contribution in [0.15, 0.2) is 54.6 Å². The molecule has 2 aromatic rings. The van der Waals surface area contributed by atoms with Crippen LogP contribution < -0.4 is 5.32 Å². The first kappa shape index (κ1) is 12.9. The molecule has 0 aliphatic carbocycles. The van der Waals surface area contributed by atoms with Crippen molar-refractivity contribution in [1.29, 1.82) is 0 Å². The van der Waals surface area contributed by atoms with E-state index < -0.39 is 0 Å². The van der Waals surface area contributed by atoms with E-state index in [-0.39, 0.29) is 11.8 Å². The lowest BCUT2D eigenvalue weighted by Gasteiger charge is -2.18. The molecular weight excluding hydrogens is 246 g/mol. The van der Waals surface area contributed by atoms with Crippen molar-refractivity contribution in [3.8, 4) is 0 Å². The zero-order valence-corrected chi connectivity index (χ0v) is 11.7. The first-order valence-corrected chi connectivity index (χ1v) is 7.19. The summed E-state index contributed by atoms with van der Waals surface area (Å²) in [6.07, 6.45) is 2.05. The molecule has 0 spiro atoms. The van der Waals surface area contributed by atoms with Crippen molar-refractivity contribution in [3.05, 3.63) is 65.7 Å². The summed E-state index contributed by atoms with van der Waals surface area (Å²) in [7, 11) is 0. The first-order chi connectivity index (χ1) is 9.75. The lowest BCUT2D eigenvalue weighted by atomic mass is 9.84. The average Bonchev–Trinajstić information content (AvgIpc) is 2.82. The molecule has 1 amide bonds. The summed E-state index contributed by atoms with van der Waals surface area (Å²) >= 11 is 0. The minimum atomic E-state index is -0.00471. The van der Waals surface area contributed by atoms with Crippen molar-refractivity contribution >= 4 is 11.6 Å². The van der Waals surface area contributed by atoms with Crippen molar-refractivity contribution in [1.82, 2.24) is 0 Å². The van der Waals surface area contributed by atoms with E-state index in [4.69, 9.17) is 0 Å². The van der Waals surface area contributed by atoms with Gasteiger partial charge in [0.05, 0.1) is 5.92 Å². The highest BCUT2D eigenvalue weighted by atomic mass is 16.2. The number of hydrogen-bond donors (Lipinski definition) is 1. The van der Waals surface area contributed by atoms with Crippen LogP contribution in [-0.2, 0) is 11.2 Å². The van der Waals surface area contributed by atoms with Gasteiger partial charge in [-0.05, 0) is 36.0 Å². The highest BCUT2D eigenvalue weighted by Crippen LogP contribution is 2.38. The van der Waals surface area contributed by atoms with Gasteiger partial charge in [0.25, 0.3) is 0 Å². The SMILES string of the molecule is C[C@H](CCc1ccccc1)[C@H]1C(=O)Nc2ccccc21. The van der Waals surface area contributed by atoms with Crippen LogP contribution in [0.2, 0.25) is 0 Å². The fourth-order valence-electron chi connectivity index (χ4n) is 3.00. The predicted molar refractivity (Wildman–Crippen MR) is 81.7 cm³/mol. The number of fused-ring (bicyclic) bond motifs is 1. The second-order valence-corrected chi connectivity index (χ2v) is 5.56. The molecule has 0 unspecified atom stereocenters. The number of para-hydroxylation sites is 1. The summed E-state index contributed by atoms with van der Waals surface area (Å²) in [5, 5.41) is 2.99. The highest BCUT2D eigenvalue weighted by Gasteiger charge is 2.33. The van der Waals surface area contributed by atoms with Crippen LogP contribution in [0.5, 0.6) is 0 Å². The van der Waals surface area contributed by atoms with Crippen molar-refractivity contribution in [2.24, 2.45) is 5.92 Å². The second kappa shape index (κ2) is 5.49. The maximum atomic E-state index is 12.2. The molecule has 102 valence electrons. The van der Waals surface area contributed by atoms with Crippen LogP contribution in [0, 0.1) is 5.92 Å². The van der Waals surface area contributed by atoms with Crippen LogP contribution in [0.25, 0.3) is 0 Å². The topological polar surface area (TPSA) is 29.1 Å². The summed E-state index contributed by atoms with van der Waals surface area (Å²) in [4.78, 5) is 12.2. The van der Waals surface area contributed by atoms with Gasteiger partial charge in [0.1, 0.15) is 0 Å². The number of benzene rings is 2. The average molecular weight is 265 g/mol. The third-order valence-corrected chi connectivity index (χ3v) is 4.14. The minimum Gasteiger partial charge on any atom is -0.325 e. The number of amides is 1. The van der Waals surface area contributed by atoms with E-state index in [0.29, 0.717) is 5.92 Å². The van der Waals surface area contributed by atoms with Crippen LogP contribution in [-0.4, -0.2) is 5.91 Å². The summed E-state index contributed by atoms with van der Waals surface area (Å²) in [5.74, 6) is 0.487. The maximum absolute atomic E-state index is 12.2. The zero-order chi connectivity index (χ0) is 13.9. The number of rotatable bonds is 4. The molecule has 0 saturated heterocycles. The molecule has 1 aliphatic heterocycles. The molecule has 0 fully saturated rings. The van der Waals surface area contributed by atoms with Crippen molar-refractivity contribution in [3.63, 3.8) is 0 Å². The van der Waals surface area contributed by atoms with Gasteiger partial charge in [0.2, 0.25) is 5.91 Å². The smallest absolute Gasteiger partial charge is 0.232 e. The third kappa shape index (κ3) is 2.46. The van der Waals surface area contributed by atoms with E-state index in [0.717, 1.165) is 24.1 Å². The van der Waals surface area contributed by atoms with Crippen molar-refractivity contribution < 1.29 is 4.79 Å². The number of nitrogens with one attached hydrogen (secondary N) is 1. The quantitative estimate of drug-likeness (QED) is 0.889. The number of aryl methyl sites for hydroxylation is 1. The van der Waals surface area contributed by atoms with Crippen LogP contribution >= 0.6 is 0 Å². The van der Waals surface area contributed by atoms with Gasteiger partial charge < -0.3 is 5.32 Å². The van der Waals surface area contributed by atoms with E-state index in [2.05, 4.69) is 42.6 Å². The summed E-state index contributed by atoms with van der Waals surface area (Å²) in [6, 6.07) is 18.5. The van der Waals surface area contributed by atoms with E-state index in [9.17, 15) is 4.79 Å². The Bertz CT molecular complexity index is 606. The van der Waals surface area contributed by atoms with E-state index in [1.54, 1.807) is 0 Å². The molecule has 0 radical (unpaired) electrons. The van der Waals surface area contributed by atoms with Gasteiger partial charge in [-0.15, -0.1) is 0 Å². The lowest BCUT2D eigenvalue weighted by molar-refractivity contribution is -0.118.